The van der Waals surface area contributed by atoms with E-state index in [-0.39, 0.29) is 25.7 Å². The Kier molecular flexibility index (Phi) is 65.7. The Morgan fingerprint density at radius 3 is 0.927 bits per heavy atom. The van der Waals surface area contributed by atoms with Gasteiger partial charge in [-0.15, -0.1) is 0 Å². The molecule has 0 aromatic rings. The summed E-state index contributed by atoms with van der Waals surface area (Å²) >= 11 is 0. The fourth-order valence-electron chi connectivity index (χ4n) is 9.44. The second kappa shape index (κ2) is 69.0. The lowest BCUT2D eigenvalue weighted by Crippen LogP contribution is -2.30. The van der Waals surface area contributed by atoms with Crippen molar-refractivity contribution in [3.8, 4) is 0 Å². The quantitative estimate of drug-likeness (QED) is 0.0169. The molecule has 0 saturated carbocycles. The summed E-state index contributed by atoms with van der Waals surface area (Å²) in [6, 6.07) is 0. The number of hydrogen-bond donors (Lipinski definition) is 3. The molecule has 5 atom stereocenters. The highest BCUT2D eigenvalue weighted by Crippen LogP contribution is 2.45. The average molecular weight is 1390 g/mol. The molecule has 0 aliphatic rings. The summed E-state index contributed by atoms with van der Waals surface area (Å²) in [4.78, 5) is 72.6. The monoisotopic (exact) mass is 1390 g/mol. The van der Waals surface area contributed by atoms with Gasteiger partial charge in [0.1, 0.15) is 19.3 Å². The molecule has 0 amide bonds. The van der Waals surface area contributed by atoms with Crippen molar-refractivity contribution in [2.45, 2.75) is 303 Å². The minimum absolute atomic E-state index is 0.0947. The van der Waals surface area contributed by atoms with E-state index < -0.39 is 97.5 Å². The Balaban J connectivity index is 5.42. The zero-order valence-corrected chi connectivity index (χ0v) is 61.5. The number of ether oxygens (including phenoxy) is 4. The molecule has 0 aromatic heterocycles. The minimum atomic E-state index is -5.00. The van der Waals surface area contributed by atoms with Crippen LogP contribution in [0.4, 0.5) is 0 Å². The van der Waals surface area contributed by atoms with Gasteiger partial charge in [0, 0.05) is 19.3 Å². The van der Waals surface area contributed by atoms with Gasteiger partial charge in [0.2, 0.25) is 0 Å². The summed E-state index contributed by atoms with van der Waals surface area (Å²) < 4.78 is 68.1. The van der Waals surface area contributed by atoms with Crippen LogP contribution in [0.15, 0.2) is 122 Å². The van der Waals surface area contributed by atoms with Crippen LogP contribution in [0.3, 0.4) is 0 Å². The highest BCUT2D eigenvalue weighted by Gasteiger charge is 2.30. The second-order valence-electron chi connectivity index (χ2n) is 24.2. The number of aliphatic hydroxyl groups is 1. The van der Waals surface area contributed by atoms with Gasteiger partial charge in [0.05, 0.1) is 32.8 Å². The van der Waals surface area contributed by atoms with Crippen molar-refractivity contribution in [3.05, 3.63) is 122 Å². The molecule has 0 aliphatic carbocycles. The molecule has 0 aromatic carbocycles. The lowest BCUT2D eigenvalue weighted by molar-refractivity contribution is -0.161. The summed E-state index contributed by atoms with van der Waals surface area (Å²) in [6.45, 7) is 4.47. The Labute approximate surface area is 581 Å². The molecule has 0 spiro atoms. The maximum absolute atomic E-state index is 13.0. The molecule has 0 bridgehead atoms. The maximum atomic E-state index is 13.0. The van der Waals surface area contributed by atoms with Crippen LogP contribution in [0.5, 0.6) is 0 Å². The minimum Gasteiger partial charge on any atom is -0.462 e. The molecule has 5 unspecified atom stereocenters. The van der Waals surface area contributed by atoms with Gasteiger partial charge in [0.25, 0.3) is 0 Å². The van der Waals surface area contributed by atoms with Crippen LogP contribution in [0, 0.1) is 0 Å². The van der Waals surface area contributed by atoms with Crippen LogP contribution in [0.1, 0.15) is 285 Å². The Morgan fingerprint density at radius 1 is 0.312 bits per heavy atom. The average Bonchev–Trinajstić information content (AvgIpc) is 1.41. The van der Waals surface area contributed by atoms with Gasteiger partial charge in [-0.1, -0.05) is 284 Å². The number of esters is 4. The van der Waals surface area contributed by atoms with E-state index >= 15 is 0 Å². The molecule has 0 rings (SSSR count). The van der Waals surface area contributed by atoms with Crippen molar-refractivity contribution in [1.82, 2.24) is 0 Å². The summed E-state index contributed by atoms with van der Waals surface area (Å²) in [5.41, 5.74) is 0. The van der Waals surface area contributed by atoms with Crippen LogP contribution in [0.2, 0.25) is 0 Å². The van der Waals surface area contributed by atoms with E-state index in [0.717, 1.165) is 122 Å². The van der Waals surface area contributed by atoms with Crippen LogP contribution >= 0.6 is 15.6 Å². The van der Waals surface area contributed by atoms with Gasteiger partial charge in [0.15, 0.2) is 12.2 Å². The fourth-order valence-corrected chi connectivity index (χ4v) is 11.0. The molecule has 3 N–H and O–H groups in total. The molecule has 0 fully saturated rings. The summed E-state index contributed by atoms with van der Waals surface area (Å²) in [7, 11) is -9.98. The highest BCUT2D eigenvalue weighted by atomic mass is 31.2. The third kappa shape index (κ3) is 68.0. The summed E-state index contributed by atoms with van der Waals surface area (Å²) in [5, 5.41) is 10.6. The highest BCUT2D eigenvalue weighted by molar-refractivity contribution is 7.47. The molecule has 96 heavy (non-hydrogen) atoms. The standard InChI is InChI=1S/C77H130O17P2/c1-5-9-13-17-21-25-29-31-33-34-35-36-38-39-43-46-50-54-58-62-75(80)88-68-73(94-77(82)64-60-56-52-48-44-40-37-32-30-26-22-18-14-10-6-2)70-92-96(85,86)90-66-71(78)65-89-95(83,84)91-69-72(93-76(81)63-59-55-51-47-42-28-24-20-16-12-8-4)67-87-74(79)61-57-53-49-45-41-27-23-19-15-11-7-3/h9-10,13-14,21-22,25-26,31-33,35-37,39,43-44,48,56,60,71-73,78H,5-8,11-12,15-20,23-24,27-30,34,38,40-42,45-47,49-55,57-59,61-70H2,1-4H3,(H,83,84)(H,85,86)/b13-9-,14-10-,25-21-,26-22-,33-31-,36-35-,37-32-,43-39-,48-44-,60-56-. The molecular formula is C77H130O17P2. The topological polar surface area (TPSA) is 237 Å². The number of hydrogen-bond acceptors (Lipinski definition) is 15. The van der Waals surface area contributed by atoms with E-state index in [0.29, 0.717) is 25.7 Å². The van der Waals surface area contributed by atoms with Crippen molar-refractivity contribution in [2.75, 3.05) is 39.6 Å². The normalized spacial score (nSPS) is 14.7. The lowest BCUT2D eigenvalue weighted by atomic mass is 10.1. The van der Waals surface area contributed by atoms with Gasteiger partial charge in [-0.2, -0.15) is 0 Å². The van der Waals surface area contributed by atoms with Crippen LogP contribution in [0.25, 0.3) is 0 Å². The first-order valence-electron chi connectivity index (χ1n) is 36.8. The lowest BCUT2D eigenvalue weighted by Gasteiger charge is -2.21. The maximum Gasteiger partial charge on any atom is 0.472 e. The van der Waals surface area contributed by atoms with Crippen LogP contribution in [-0.2, 0) is 65.4 Å². The third-order valence-electron chi connectivity index (χ3n) is 15.0. The van der Waals surface area contributed by atoms with Crippen molar-refractivity contribution >= 4 is 39.5 Å². The van der Waals surface area contributed by atoms with Gasteiger partial charge >= 0.3 is 39.5 Å². The number of phosphoric acid groups is 2. The van der Waals surface area contributed by atoms with Crippen molar-refractivity contribution < 1.29 is 80.2 Å². The Morgan fingerprint density at radius 2 is 0.583 bits per heavy atom. The van der Waals surface area contributed by atoms with Crippen molar-refractivity contribution in [2.24, 2.45) is 0 Å². The van der Waals surface area contributed by atoms with Gasteiger partial charge in [-0.25, -0.2) is 9.13 Å². The summed E-state index contributed by atoms with van der Waals surface area (Å²) in [6.07, 6.45) is 73.8. The number of aliphatic hydroxyl groups excluding tert-OH is 1. The molecule has 19 heteroatoms. The van der Waals surface area contributed by atoms with E-state index in [4.69, 9.17) is 37.0 Å². The van der Waals surface area contributed by atoms with Crippen LogP contribution in [-0.4, -0.2) is 96.7 Å². The van der Waals surface area contributed by atoms with Gasteiger partial charge in [-0.05, 0) is 96.3 Å². The molecule has 0 radical (unpaired) electrons. The predicted molar refractivity (Wildman–Crippen MR) is 390 cm³/mol. The molecule has 0 aliphatic heterocycles. The zero-order chi connectivity index (χ0) is 70.4. The first-order valence-corrected chi connectivity index (χ1v) is 39.8. The number of unbranched alkanes of at least 4 members (excludes halogenated alkanes) is 23. The molecule has 17 nitrogen and oxygen atoms in total. The Hall–Kier alpha value is -4.54. The number of carbonyl (C=O) groups excluding carboxylic acids is 4. The van der Waals surface area contributed by atoms with E-state index in [1.807, 2.05) is 12.2 Å². The molecule has 550 valence electrons. The number of allylic oxidation sites excluding steroid dienone is 19. The first kappa shape index (κ1) is 91.5. The van der Waals surface area contributed by atoms with Gasteiger partial charge in [-0.3, -0.25) is 37.3 Å². The van der Waals surface area contributed by atoms with Crippen LogP contribution < -0.4 is 0 Å². The van der Waals surface area contributed by atoms with E-state index in [1.165, 1.54) is 83.5 Å². The molecule has 0 saturated heterocycles. The van der Waals surface area contributed by atoms with E-state index in [2.05, 4.69) is 125 Å². The number of carbonyl (C=O) groups is 4. The zero-order valence-electron chi connectivity index (χ0n) is 59.8. The summed E-state index contributed by atoms with van der Waals surface area (Å²) in [5.74, 6) is -2.36. The number of rotatable bonds is 68. The molecular weight excluding hydrogens is 1260 g/mol. The van der Waals surface area contributed by atoms with Crippen molar-refractivity contribution in [1.29, 1.82) is 0 Å². The van der Waals surface area contributed by atoms with Crippen molar-refractivity contribution in [3.63, 3.8) is 0 Å². The largest absolute Gasteiger partial charge is 0.472 e. The number of phosphoric ester groups is 2. The van der Waals surface area contributed by atoms with E-state index in [9.17, 15) is 43.2 Å². The smallest absolute Gasteiger partial charge is 0.462 e. The third-order valence-corrected chi connectivity index (χ3v) is 16.9. The second-order valence-corrected chi connectivity index (χ2v) is 27.1. The predicted octanol–water partition coefficient (Wildman–Crippen LogP) is 20.8. The first-order chi connectivity index (χ1) is 46.7. The Bertz CT molecular complexity index is 2300. The SMILES string of the molecule is CC/C=C\C/C=C\C/C=C\C/C=C\C/C=C\CCCCCC(=O)OCC(COP(=O)(O)OCC(O)COP(=O)(O)OCC(COC(=O)CCCCCCCCCCCCC)OC(=O)CCCCCCCCCCCCC)OC(=O)C/C=C\C/C=C\C/C=C\C/C=C\C/C=C\CC. The molecule has 0 heterocycles. The van der Waals surface area contributed by atoms with Gasteiger partial charge < -0.3 is 33.8 Å². The fraction of sp³-hybridized carbons (Fsp3) is 0.688. The van der Waals surface area contributed by atoms with E-state index in [1.54, 1.807) is 12.2 Å².